The molecule has 158 valence electrons. The average molecular weight is 450 g/mol. The highest BCUT2D eigenvalue weighted by molar-refractivity contribution is 6.34. The van der Waals surface area contributed by atoms with Crippen LogP contribution in [0.1, 0.15) is 44.8 Å². The van der Waals surface area contributed by atoms with Crippen LogP contribution in [0.2, 0.25) is 10.0 Å². The highest BCUT2D eigenvalue weighted by atomic mass is 35.5. The summed E-state index contributed by atoms with van der Waals surface area (Å²) in [4.78, 5) is 16.2. The Bertz CT molecular complexity index is 846. The fourth-order valence-corrected chi connectivity index (χ4v) is 3.20. The van der Waals surface area contributed by atoms with Crippen LogP contribution in [0.3, 0.4) is 0 Å². The van der Waals surface area contributed by atoms with Crippen molar-refractivity contribution in [2.75, 3.05) is 7.05 Å². The Balaban J connectivity index is 2.26. The summed E-state index contributed by atoms with van der Waals surface area (Å²) < 4.78 is 40.5. The van der Waals surface area contributed by atoms with Crippen molar-refractivity contribution >= 4 is 40.5 Å². The number of benzene rings is 1. The van der Waals surface area contributed by atoms with E-state index in [1.807, 2.05) is 0 Å². The predicted octanol–water partition coefficient (Wildman–Crippen LogP) is 5.93. The number of oxime groups is 1. The van der Waals surface area contributed by atoms with E-state index in [1.54, 1.807) is 13.0 Å². The van der Waals surface area contributed by atoms with Crippen LogP contribution in [0.25, 0.3) is 0 Å². The summed E-state index contributed by atoms with van der Waals surface area (Å²) in [7, 11) is 1.53. The van der Waals surface area contributed by atoms with Gasteiger partial charge in [0.25, 0.3) is 0 Å². The molecule has 1 unspecified atom stereocenters. The summed E-state index contributed by atoms with van der Waals surface area (Å²) in [6.45, 7) is 2.94. The predicted molar refractivity (Wildman–Crippen MR) is 107 cm³/mol. The van der Waals surface area contributed by atoms with Gasteiger partial charge in [-0.1, -0.05) is 28.4 Å². The summed E-state index contributed by atoms with van der Waals surface area (Å²) in [6, 6.07) is 3.61. The molecule has 0 saturated carbocycles. The zero-order valence-electron chi connectivity index (χ0n) is 16.1. The Hall–Kier alpha value is -2.06. The maximum atomic E-state index is 13.5. The SMILES string of the molecule is CC(=O)N(C)/N=C1\C=C(C(C)=NOC(c2cc(Cl)cc(Cl)c2)C(F)(F)F)CCC1. The summed E-state index contributed by atoms with van der Waals surface area (Å²) in [5.74, 6) is -0.222. The molecule has 0 radical (unpaired) electrons. The van der Waals surface area contributed by atoms with Gasteiger partial charge in [-0.2, -0.15) is 18.3 Å². The molecule has 0 heterocycles. The molecule has 1 aliphatic carbocycles. The number of alkyl halides is 3. The summed E-state index contributed by atoms with van der Waals surface area (Å²) in [5, 5.41) is 9.24. The van der Waals surface area contributed by atoms with E-state index >= 15 is 0 Å². The minimum Gasteiger partial charge on any atom is -0.378 e. The molecule has 1 aromatic carbocycles. The lowest BCUT2D eigenvalue weighted by molar-refractivity contribution is -0.224. The topological polar surface area (TPSA) is 54.3 Å². The molecule has 1 aliphatic rings. The van der Waals surface area contributed by atoms with Gasteiger partial charge in [-0.05, 0) is 56.0 Å². The smallest absolute Gasteiger partial charge is 0.378 e. The average Bonchev–Trinajstić information content (AvgIpc) is 2.59. The lowest BCUT2D eigenvalue weighted by atomic mass is 9.95. The number of allylic oxidation sites excluding steroid dienone is 2. The molecule has 0 fully saturated rings. The molecule has 10 heteroatoms. The normalized spacial score (nSPS) is 17.7. The van der Waals surface area contributed by atoms with Crippen molar-refractivity contribution in [3.8, 4) is 0 Å². The fourth-order valence-electron chi connectivity index (χ4n) is 2.66. The van der Waals surface area contributed by atoms with Crippen LogP contribution in [0.4, 0.5) is 13.2 Å². The zero-order chi connectivity index (χ0) is 21.8. The van der Waals surface area contributed by atoms with Gasteiger partial charge < -0.3 is 4.84 Å². The Morgan fingerprint density at radius 1 is 1.17 bits per heavy atom. The van der Waals surface area contributed by atoms with Crippen LogP contribution in [0, 0.1) is 0 Å². The van der Waals surface area contributed by atoms with Gasteiger partial charge in [0, 0.05) is 29.6 Å². The number of carbonyl (C=O) groups excluding carboxylic acids is 1. The Kier molecular flexibility index (Phi) is 7.71. The van der Waals surface area contributed by atoms with Gasteiger partial charge >= 0.3 is 6.18 Å². The van der Waals surface area contributed by atoms with Gasteiger partial charge in [-0.3, -0.25) is 4.79 Å². The van der Waals surface area contributed by atoms with Crippen molar-refractivity contribution in [1.29, 1.82) is 0 Å². The number of halogens is 5. The molecule has 1 amide bonds. The number of hydrogen-bond acceptors (Lipinski definition) is 4. The van der Waals surface area contributed by atoms with Crippen molar-refractivity contribution in [2.24, 2.45) is 10.3 Å². The monoisotopic (exact) mass is 449 g/mol. The highest BCUT2D eigenvalue weighted by Crippen LogP contribution is 2.38. The van der Waals surface area contributed by atoms with Crippen LogP contribution in [-0.2, 0) is 9.63 Å². The van der Waals surface area contributed by atoms with Gasteiger partial charge in [0.1, 0.15) is 0 Å². The molecule has 2 rings (SSSR count). The molecule has 0 N–H and O–H groups in total. The molecular weight excluding hydrogens is 430 g/mol. The van der Waals surface area contributed by atoms with E-state index in [4.69, 9.17) is 28.0 Å². The summed E-state index contributed by atoms with van der Waals surface area (Å²) in [6.07, 6.45) is -3.31. The third kappa shape index (κ3) is 6.75. The van der Waals surface area contributed by atoms with Gasteiger partial charge in [0.15, 0.2) is 0 Å². The Labute approximate surface area is 176 Å². The minimum absolute atomic E-state index is 0.0662. The molecule has 0 bridgehead atoms. The highest BCUT2D eigenvalue weighted by Gasteiger charge is 2.44. The fraction of sp³-hybridized carbons (Fsp3) is 0.421. The van der Waals surface area contributed by atoms with Crippen molar-refractivity contribution in [2.45, 2.75) is 45.4 Å². The van der Waals surface area contributed by atoms with E-state index in [9.17, 15) is 18.0 Å². The van der Waals surface area contributed by atoms with E-state index in [0.29, 0.717) is 29.8 Å². The molecule has 1 aromatic rings. The molecule has 0 aliphatic heterocycles. The van der Waals surface area contributed by atoms with Gasteiger partial charge in [0.2, 0.25) is 12.0 Å². The van der Waals surface area contributed by atoms with Crippen molar-refractivity contribution in [3.63, 3.8) is 0 Å². The Morgan fingerprint density at radius 2 is 1.79 bits per heavy atom. The largest absolute Gasteiger partial charge is 0.432 e. The van der Waals surface area contributed by atoms with E-state index in [0.717, 1.165) is 18.6 Å². The van der Waals surface area contributed by atoms with Crippen molar-refractivity contribution < 1.29 is 22.8 Å². The second-order valence-corrected chi connectivity index (χ2v) is 7.44. The third-order valence-corrected chi connectivity index (χ3v) is 4.64. The molecule has 0 aromatic heterocycles. The first kappa shape index (κ1) is 23.2. The number of rotatable bonds is 5. The van der Waals surface area contributed by atoms with E-state index < -0.39 is 12.3 Å². The second-order valence-electron chi connectivity index (χ2n) is 6.56. The first-order chi connectivity index (χ1) is 13.5. The standard InChI is InChI=1S/C19H20Cl2F3N3O2/c1-11(13-5-4-6-17(9-13)25-27(3)12(2)28)26-29-18(19(22,23)24)14-7-15(20)10-16(21)8-14/h7-10,18H,4-6H2,1-3H3/b25-17-,26-11?. The molecule has 1 atom stereocenters. The molecule has 0 spiro atoms. The second kappa shape index (κ2) is 9.63. The quantitative estimate of drug-likeness (QED) is 0.412. The van der Waals surface area contributed by atoms with Crippen LogP contribution >= 0.6 is 23.2 Å². The summed E-state index contributed by atoms with van der Waals surface area (Å²) in [5.41, 5.74) is 1.39. The molecule has 0 saturated heterocycles. The maximum absolute atomic E-state index is 13.5. The molecular formula is C19H20Cl2F3N3O2. The van der Waals surface area contributed by atoms with Crippen LogP contribution in [-0.4, -0.2) is 35.6 Å². The Morgan fingerprint density at radius 3 is 2.34 bits per heavy atom. The molecule has 5 nitrogen and oxygen atoms in total. The first-order valence-electron chi connectivity index (χ1n) is 8.73. The van der Waals surface area contributed by atoms with E-state index in [-0.39, 0.29) is 21.5 Å². The third-order valence-electron chi connectivity index (χ3n) is 4.20. The lowest BCUT2D eigenvalue weighted by Crippen LogP contribution is -2.23. The number of nitrogens with zero attached hydrogens (tertiary/aromatic N) is 3. The lowest BCUT2D eigenvalue weighted by Gasteiger charge is -2.20. The minimum atomic E-state index is -4.71. The van der Waals surface area contributed by atoms with Gasteiger partial charge in [-0.15, -0.1) is 0 Å². The van der Waals surface area contributed by atoms with E-state index in [1.165, 1.54) is 25.0 Å². The maximum Gasteiger partial charge on any atom is 0.432 e. The summed E-state index contributed by atoms with van der Waals surface area (Å²) >= 11 is 11.6. The number of hydrogen-bond donors (Lipinski definition) is 0. The number of amides is 1. The van der Waals surface area contributed by atoms with Gasteiger partial charge in [-0.25, -0.2) is 5.01 Å². The van der Waals surface area contributed by atoms with Crippen molar-refractivity contribution in [1.82, 2.24) is 5.01 Å². The van der Waals surface area contributed by atoms with Crippen LogP contribution in [0.5, 0.6) is 0 Å². The number of carbonyl (C=O) groups is 1. The number of hydrazone groups is 1. The van der Waals surface area contributed by atoms with Gasteiger partial charge in [0.05, 0.1) is 11.4 Å². The zero-order valence-corrected chi connectivity index (χ0v) is 17.6. The van der Waals surface area contributed by atoms with Crippen molar-refractivity contribution in [3.05, 3.63) is 45.5 Å². The van der Waals surface area contributed by atoms with Crippen LogP contribution < -0.4 is 0 Å². The van der Waals surface area contributed by atoms with E-state index in [2.05, 4.69) is 10.3 Å². The first-order valence-corrected chi connectivity index (χ1v) is 9.49. The molecule has 29 heavy (non-hydrogen) atoms. The van der Waals surface area contributed by atoms with Crippen LogP contribution in [0.15, 0.2) is 40.1 Å².